The topological polar surface area (TPSA) is 50.4 Å². The average Bonchev–Trinajstić information content (AvgIpc) is 2.91. The van der Waals surface area contributed by atoms with Gasteiger partial charge in [-0.1, -0.05) is 12.8 Å². The minimum Gasteiger partial charge on any atom is -0.494 e. The van der Waals surface area contributed by atoms with E-state index >= 15 is 0 Å². The Morgan fingerprint density at radius 3 is 2.90 bits per heavy atom. The first kappa shape index (κ1) is 14.3. The Kier molecular flexibility index (Phi) is 4.10. The van der Waals surface area contributed by atoms with E-state index in [4.69, 9.17) is 4.74 Å². The first-order chi connectivity index (χ1) is 10.2. The van der Waals surface area contributed by atoms with E-state index in [1.165, 1.54) is 38.5 Å². The zero-order valence-electron chi connectivity index (χ0n) is 12.2. The molecule has 2 N–H and O–H groups in total. The summed E-state index contributed by atoms with van der Waals surface area (Å²) in [7, 11) is 1.42. The normalized spacial score (nSPS) is 28.0. The number of anilines is 1. The molecule has 3 rings (SSSR count). The van der Waals surface area contributed by atoms with Crippen molar-refractivity contribution in [1.29, 1.82) is 0 Å². The number of amides is 1. The smallest absolute Gasteiger partial charge is 0.241 e. The summed E-state index contributed by atoms with van der Waals surface area (Å²) in [5.41, 5.74) is 0.468. The molecular weight excluding hydrogens is 271 g/mol. The third kappa shape index (κ3) is 3.02. The summed E-state index contributed by atoms with van der Waals surface area (Å²) in [5, 5.41) is 6.21. The van der Waals surface area contributed by atoms with Crippen molar-refractivity contribution in [3.63, 3.8) is 0 Å². The zero-order chi connectivity index (χ0) is 14.8. The summed E-state index contributed by atoms with van der Waals surface area (Å²) in [4.78, 5) is 12.3. The summed E-state index contributed by atoms with van der Waals surface area (Å²) in [6.07, 6.45) is 5.76. The Labute approximate surface area is 124 Å². The Hall–Kier alpha value is -1.62. The van der Waals surface area contributed by atoms with Crippen LogP contribution in [0.5, 0.6) is 5.75 Å². The van der Waals surface area contributed by atoms with Gasteiger partial charge in [-0.15, -0.1) is 0 Å². The van der Waals surface area contributed by atoms with Gasteiger partial charge in [0.15, 0.2) is 11.6 Å². The molecule has 1 aliphatic carbocycles. The van der Waals surface area contributed by atoms with Gasteiger partial charge in [0, 0.05) is 17.8 Å². The highest BCUT2D eigenvalue weighted by Crippen LogP contribution is 2.33. The number of nitrogens with one attached hydrogen (secondary N) is 2. The van der Waals surface area contributed by atoms with Gasteiger partial charge >= 0.3 is 0 Å². The third-order valence-corrected chi connectivity index (χ3v) is 4.60. The van der Waals surface area contributed by atoms with Crippen molar-refractivity contribution in [3.05, 3.63) is 24.0 Å². The molecule has 0 bridgehead atoms. The second-order valence-electron chi connectivity index (χ2n) is 5.94. The molecule has 2 aliphatic rings. The van der Waals surface area contributed by atoms with Gasteiger partial charge in [0.2, 0.25) is 5.91 Å². The molecule has 5 heteroatoms. The molecule has 1 saturated heterocycles. The third-order valence-electron chi connectivity index (χ3n) is 4.60. The van der Waals surface area contributed by atoms with Crippen LogP contribution in [0.25, 0.3) is 0 Å². The van der Waals surface area contributed by atoms with Crippen molar-refractivity contribution in [2.75, 3.05) is 12.4 Å². The second kappa shape index (κ2) is 6.02. The fourth-order valence-electron chi connectivity index (χ4n) is 3.49. The van der Waals surface area contributed by atoms with Gasteiger partial charge in [-0.05, 0) is 37.3 Å². The van der Waals surface area contributed by atoms with Crippen LogP contribution in [0.15, 0.2) is 18.2 Å². The molecule has 4 nitrogen and oxygen atoms in total. The van der Waals surface area contributed by atoms with E-state index in [0.717, 1.165) is 12.8 Å². The molecule has 1 saturated carbocycles. The number of hydrogen-bond donors (Lipinski definition) is 2. The molecular formula is C16H21FN2O2. The maximum Gasteiger partial charge on any atom is 0.241 e. The summed E-state index contributed by atoms with van der Waals surface area (Å²) < 4.78 is 18.5. The first-order valence-corrected chi connectivity index (χ1v) is 7.58. The number of hydrogen-bond acceptors (Lipinski definition) is 3. The Morgan fingerprint density at radius 1 is 1.38 bits per heavy atom. The van der Waals surface area contributed by atoms with E-state index < -0.39 is 5.82 Å². The van der Waals surface area contributed by atoms with Gasteiger partial charge in [0.25, 0.3) is 0 Å². The zero-order valence-corrected chi connectivity index (χ0v) is 12.2. The maximum absolute atomic E-state index is 13.6. The molecule has 1 amide bonds. The van der Waals surface area contributed by atoms with Gasteiger partial charge < -0.3 is 15.4 Å². The standard InChI is InChI=1S/C16H21FN2O2/c1-21-15-7-6-11(9-12(15)17)18-16(20)14-8-10-4-2-3-5-13(10)19-14/h6-7,9-10,13-14,19H,2-5,8H2,1H3,(H,18,20). The molecule has 0 radical (unpaired) electrons. The average molecular weight is 292 g/mol. The monoisotopic (exact) mass is 292 g/mol. The highest BCUT2D eigenvalue weighted by Gasteiger charge is 2.38. The Balaban J connectivity index is 1.62. The number of halogens is 1. The number of rotatable bonds is 3. The van der Waals surface area contributed by atoms with Crippen molar-refractivity contribution in [1.82, 2.24) is 5.32 Å². The van der Waals surface area contributed by atoms with Crippen LogP contribution in [0, 0.1) is 11.7 Å². The lowest BCUT2D eigenvalue weighted by atomic mass is 9.85. The number of fused-ring (bicyclic) bond motifs is 1. The van der Waals surface area contributed by atoms with Crippen LogP contribution >= 0.6 is 0 Å². The SMILES string of the molecule is COc1ccc(NC(=O)C2CC3CCCCC3N2)cc1F. The number of ether oxygens (including phenoxy) is 1. The highest BCUT2D eigenvalue weighted by molar-refractivity contribution is 5.95. The summed E-state index contributed by atoms with van der Waals surface area (Å²) in [5.74, 6) is 0.248. The van der Waals surface area contributed by atoms with Crippen LogP contribution in [0.4, 0.5) is 10.1 Å². The minimum atomic E-state index is -0.469. The molecule has 2 fully saturated rings. The van der Waals surface area contributed by atoms with Crippen molar-refractivity contribution < 1.29 is 13.9 Å². The van der Waals surface area contributed by atoms with Gasteiger partial charge in [0.1, 0.15) is 0 Å². The van der Waals surface area contributed by atoms with Crippen LogP contribution in [0.3, 0.4) is 0 Å². The number of carbonyl (C=O) groups is 1. The first-order valence-electron chi connectivity index (χ1n) is 7.58. The maximum atomic E-state index is 13.6. The van der Waals surface area contributed by atoms with Crippen molar-refractivity contribution >= 4 is 11.6 Å². The number of benzene rings is 1. The Bertz CT molecular complexity index is 521. The molecule has 1 heterocycles. The summed E-state index contributed by atoms with van der Waals surface area (Å²) in [6, 6.07) is 4.78. The van der Waals surface area contributed by atoms with Gasteiger partial charge in [0.05, 0.1) is 13.2 Å². The van der Waals surface area contributed by atoms with Crippen molar-refractivity contribution in [3.8, 4) is 5.75 Å². The predicted octanol–water partition coefficient (Wildman–Crippen LogP) is 2.69. The van der Waals surface area contributed by atoms with Gasteiger partial charge in [-0.3, -0.25) is 4.79 Å². The number of carbonyl (C=O) groups excluding carboxylic acids is 1. The number of methoxy groups -OCH3 is 1. The van der Waals surface area contributed by atoms with Crippen LogP contribution in [0.1, 0.15) is 32.1 Å². The van der Waals surface area contributed by atoms with E-state index in [2.05, 4.69) is 10.6 Å². The van der Waals surface area contributed by atoms with Crippen LogP contribution in [-0.2, 0) is 4.79 Å². The predicted molar refractivity (Wildman–Crippen MR) is 78.9 cm³/mol. The molecule has 3 atom stereocenters. The molecule has 1 aromatic carbocycles. The van der Waals surface area contributed by atoms with Crippen molar-refractivity contribution in [2.24, 2.45) is 5.92 Å². The lowest BCUT2D eigenvalue weighted by molar-refractivity contribution is -0.117. The van der Waals surface area contributed by atoms with Crippen LogP contribution in [-0.4, -0.2) is 25.1 Å². The van der Waals surface area contributed by atoms with E-state index in [1.807, 2.05) is 0 Å². The van der Waals surface area contributed by atoms with E-state index in [9.17, 15) is 9.18 Å². The van der Waals surface area contributed by atoms with Crippen LogP contribution in [0.2, 0.25) is 0 Å². The molecule has 21 heavy (non-hydrogen) atoms. The summed E-state index contributed by atoms with van der Waals surface area (Å²) in [6.45, 7) is 0. The lowest BCUT2D eigenvalue weighted by Crippen LogP contribution is -2.39. The van der Waals surface area contributed by atoms with Gasteiger partial charge in [-0.2, -0.15) is 0 Å². The fourth-order valence-corrected chi connectivity index (χ4v) is 3.49. The van der Waals surface area contributed by atoms with E-state index in [0.29, 0.717) is 17.6 Å². The fraction of sp³-hybridized carbons (Fsp3) is 0.562. The molecule has 0 spiro atoms. The minimum absolute atomic E-state index is 0.0750. The highest BCUT2D eigenvalue weighted by atomic mass is 19.1. The largest absolute Gasteiger partial charge is 0.494 e. The van der Waals surface area contributed by atoms with E-state index in [-0.39, 0.29) is 17.7 Å². The molecule has 0 aromatic heterocycles. The van der Waals surface area contributed by atoms with E-state index in [1.54, 1.807) is 6.07 Å². The second-order valence-corrected chi connectivity index (χ2v) is 5.94. The van der Waals surface area contributed by atoms with Crippen molar-refractivity contribution in [2.45, 2.75) is 44.2 Å². The molecule has 1 aromatic rings. The Morgan fingerprint density at radius 2 is 2.19 bits per heavy atom. The molecule has 1 aliphatic heterocycles. The van der Waals surface area contributed by atoms with Gasteiger partial charge in [-0.25, -0.2) is 4.39 Å². The molecule has 114 valence electrons. The summed E-state index contributed by atoms with van der Waals surface area (Å²) >= 11 is 0. The quantitative estimate of drug-likeness (QED) is 0.900. The van der Waals surface area contributed by atoms with Crippen LogP contribution < -0.4 is 15.4 Å². The lowest BCUT2D eigenvalue weighted by Gasteiger charge is -2.24. The molecule has 3 unspecified atom stereocenters.